The van der Waals surface area contributed by atoms with Crippen LogP contribution < -0.4 is 4.72 Å². The van der Waals surface area contributed by atoms with Crippen LogP contribution in [-0.2, 0) is 14.8 Å². The van der Waals surface area contributed by atoms with Crippen LogP contribution in [0.1, 0.15) is 43.6 Å². The number of nitrogens with one attached hydrogen (secondary N) is 1. The molecule has 1 N–H and O–H groups in total. The van der Waals surface area contributed by atoms with Gasteiger partial charge < -0.3 is 0 Å². The van der Waals surface area contributed by atoms with Gasteiger partial charge in [-0.2, -0.15) is 0 Å². The van der Waals surface area contributed by atoms with Crippen LogP contribution in [0.4, 0.5) is 0 Å². The standard InChI is InChI=1S/C15H19NO3S2/c17-15(13-10-20-14-9-5-4-8-12(13)14)16-21(18,19)11-6-2-1-3-7-11/h4-5,8-9,11,13H,1-3,6-7,10H2,(H,16,17). The Morgan fingerprint density at radius 2 is 1.86 bits per heavy atom. The molecular weight excluding hydrogens is 306 g/mol. The highest BCUT2D eigenvalue weighted by atomic mass is 32.2. The third-order valence-corrected chi connectivity index (χ3v) is 7.27. The molecule has 1 fully saturated rings. The predicted octanol–water partition coefficient (Wildman–Crippen LogP) is 2.65. The van der Waals surface area contributed by atoms with E-state index in [1.54, 1.807) is 11.8 Å². The number of benzene rings is 1. The average Bonchev–Trinajstić information content (AvgIpc) is 2.92. The monoisotopic (exact) mass is 325 g/mol. The molecule has 114 valence electrons. The largest absolute Gasteiger partial charge is 0.273 e. The first-order valence-corrected chi connectivity index (χ1v) is 9.88. The summed E-state index contributed by atoms with van der Waals surface area (Å²) in [6.07, 6.45) is 4.29. The Morgan fingerprint density at radius 3 is 2.62 bits per heavy atom. The molecule has 2 aliphatic rings. The number of hydrogen-bond acceptors (Lipinski definition) is 4. The second kappa shape index (κ2) is 6.01. The van der Waals surface area contributed by atoms with Gasteiger partial charge in [-0.1, -0.05) is 37.5 Å². The number of carbonyl (C=O) groups is 1. The molecule has 0 spiro atoms. The van der Waals surface area contributed by atoms with E-state index in [1.807, 2.05) is 24.3 Å². The summed E-state index contributed by atoms with van der Waals surface area (Å²) in [5, 5.41) is -0.403. The number of fused-ring (bicyclic) bond motifs is 1. The Labute approximate surface area is 129 Å². The summed E-state index contributed by atoms with van der Waals surface area (Å²) in [4.78, 5) is 13.4. The van der Waals surface area contributed by atoms with Crippen molar-refractivity contribution in [2.75, 3.05) is 5.75 Å². The third kappa shape index (κ3) is 3.11. The van der Waals surface area contributed by atoms with Gasteiger partial charge in [0.05, 0.1) is 11.2 Å². The summed E-state index contributed by atoms with van der Waals surface area (Å²) >= 11 is 1.61. The molecule has 21 heavy (non-hydrogen) atoms. The first-order chi connectivity index (χ1) is 10.1. The number of rotatable bonds is 3. The third-order valence-electron chi connectivity index (χ3n) is 4.25. The van der Waals surface area contributed by atoms with Crippen LogP contribution in [0.3, 0.4) is 0 Å². The minimum Gasteiger partial charge on any atom is -0.273 e. The number of sulfonamides is 1. The normalized spacial score (nSPS) is 22.8. The van der Waals surface area contributed by atoms with Crippen LogP contribution in [0, 0.1) is 0 Å². The van der Waals surface area contributed by atoms with Crippen molar-refractivity contribution in [3.8, 4) is 0 Å². The van der Waals surface area contributed by atoms with Gasteiger partial charge in [-0.25, -0.2) is 8.42 Å². The molecule has 1 aromatic carbocycles. The maximum atomic E-state index is 12.4. The van der Waals surface area contributed by atoms with Crippen LogP contribution in [0.25, 0.3) is 0 Å². The van der Waals surface area contributed by atoms with Crippen molar-refractivity contribution in [2.24, 2.45) is 0 Å². The topological polar surface area (TPSA) is 63.2 Å². The molecule has 1 aliphatic carbocycles. The summed E-state index contributed by atoms with van der Waals surface area (Å²) < 4.78 is 27.0. The fraction of sp³-hybridized carbons (Fsp3) is 0.533. The van der Waals surface area contributed by atoms with Gasteiger partial charge in [0, 0.05) is 10.6 Å². The Balaban J connectivity index is 1.72. The molecule has 1 aliphatic heterocycles. The summed E-state index contributed by atoms with van der Waals surface area (Å²) in [5.74, 6) is -0.117. The van der Waals surface area contributed by atoms with Gasteiger partial charge in [0.1, 0.15) is 0 Å². The number of amides is 1. The molecule has 0 radical (unpaired) electrons. The van der Waals surface area contributed by atoms with Crippen LogP contribution in [0.5, 0.6) is 0 Å². The minimum atomic E-state index is -3.53. The molecule has 0 aromatic heterocycles. The zero-order valence-electron chi connectivity index (χ0n) is 11.7. The quantitative estimate of drug-likeness (QED) is 0.928. The molecule has 0 bridgehead atoms. The minimum absolute atomic E-state index is 0.357. The molecule has 1 unspecified atom stereocenters. The SMILES string of the molecule is O=C(NS(=O)(=O)C1CCCCC1)C1CSc2ccccc21. The summed E-state index contributed by atoms with van der Waals surface area (Å²) in [5.41, 5.74) is 0.943. The lowest BCUT2D eigenvalue weighted by Crippen LogP contribution is -2.41. The molecule has 1 heterocycles. The molecule has 1 amide bonds. The maximum Gasteiger partial charge on any atom is 0.241 e. The van der Waals surface area contributed by atoms with E-state index in [-0.39, 0.29) is 11.8 Å². The molecular formula is C15H19NO3S2. The molecule has 1 aromatic rings. The molecule has 3 rings (SSSR count). The van der Waals surface area contributed by atoms with Crippen molar-refractivity contribution in [2.45, 2.75) is 48.2 Å². The zero-order valence-corrected chi connectivity index (χ0v) is 13.4. The number of hydrogen-bond donors (Lipinski definition) is 1. The predicted molar refractivity (Wildman–Crippen MR) is 83.8 cm³/mol. The number of carbonyl (C=O) groups excluding carboxylic acids is 1. The Kier molecular flexibility index (Phi) is 4.26. The fourth-order valence-corrected chi connectivity index (χ4v) is 5.82. The van der Waals surface area contributed by atoms with Crippen LogP contribution in [0.2, 0.25) is 0 Å². The second-order valence-corrected chi connectivity index (χ2v) is 8.70. The van der Waals surface area contributed by atoms with E-state index in [0.29, 0.717) is 18.6 Å². The molecule has 6 heteroatoms. The summed E-state index contributed by atoms with van der Waals surface area (Å²) in [7, 11) is -3.53. The van der Waals surface area contributed by atoms with Gasteiger partial charge in [0.25, 0.3) is 0 Å². The maximum absolute atomic E-state index is 12.4. The second-order valence-electron chi connectivity index (χ2n) is 5.67. The van der Waals surface area contributed by atoms with Gasteiger partial charge in [-0.3, -0.25) is 9.52 Å². The van der Waals surface area contributed by atoms with Crippen molar-refractivity contribution in [1.82, 2.24) is 4.72 Å². The van der Waals surface area contributed by atoms with Gasteiger partial charge in [0.15, 0.2) is 0 Å². The van der Waals surface area contributed by atoms with Crippen molar-refractivity contribution in [3.63, 3.8) is 0 Å². The van der Waals surface area contributed by atoms with Gasteiger partial charge in [-0.15, -0.1) is 11.8 Å². The van der Waals surface area contributed by atoms with Crippen molar-refractivity contribution in [3.05, 3.63) is 29.8 Å². The Morgan fingerprint density at radius 1 is 1.14 bits per heavy atom. The van der Waals surface area contributed by atoms with Gasteiger partial charge in [0.2, 0.25) is 15.9 Å². The van der Waals surface area contributed by atoms with E-state index in [2.05, 4.69) is 4.72 Å². The highest BCUT2D eigenvalue weighted by Gasteiger charge is 2.34. The van der Waals surface area contributed by atoms with Crippen molar-refractivity contribution in [1.29, 1.82) is 0 Å². The lowest BCUT2D eigenvalue weighted by atomic mass is 10.0. The first-order valence-electron chi connectivity index (χ1n) is 7.35. The van der Waals surface area contributed by atoms with E-state index in [4.69, 9.17) is 0 Å². The lowest BCUT2D eigenvalue weighted by molar-refractivity contribution is -0.120. The summed E-state index contributed by atoms with van der Waals surface area (Å²) in [6, 6.07) is 7.71. The zero-order chi connectivity index (χ0) is 14.9. The average molecular weight is 325 g/mol. The fourth-order valence-electron chi connectivity index (χ4n) is 3.05. The molecule has 4 nitrogen and oxygen atoms in total. The van der Waals surface area contributed by atoms with Crippen molar-refractivity contribution < 1.29 is 13.2 Å². The highest BCUT2D eigenvalue weighted by molar-refractivity contribution is 7.99. The van der Waals surface area contributed by atoms with Gasteiger partial charge >= 0.3 is 0 Å². The summed E-state index contributed by atoms with van der Waals surface area (Å²) in [6.45, 7) is 0. The van der Waals surface area contributed by atoms with E-state index in [1.165, 1.54) is 0 Å². The van der Waals surface area contributed by atoms with Gasteiger partial charge in [-0.05, 0) is 24.5 Å². The van der Waals surface area contributed by atoms with E-state index >= 15 is 0 Å². The van der Waals surface area contributed by atoms with Crippen LogP contribution >= 0.6 is 11.8 Å². The van der Waals surface area contributed by atoms with E-state index < -0.39 is 15.3 Å². The highest BCUT2D eigenvalue weighted by Crippen LogP contribution is 2.39. The molecule has 0 saturated heterocycles. The molecule has 1 atom stereocenters. The van der Waals surface area contributed by atoms with Crippen LogP contribution in [-0.4, -0.2) is 25.3 Å². The first kappa shape index (κ1) is 14.9. The van der Waals surface area contributed by atoms with E-state index in [0.717, 1.165) is 29.7 Å². The van der Waals surface area contributed by atoms with Crippen LogP contribution in [0.15, 0.2) is 29.2 Å². The van der Waals surface area contributed by atoms with E-state index in [9.17, 15) is 13.2 Å². The number of thioether (sulfide) groups is 1. The lowest BCUT2D eigenvalue weighted by Gasteiger charge is -2.22. The molecule has 1 saturated carbocycles. The Bertz CT molecular complexity index is 636. The Hall–Kier alpha value is -1.01. The van der Waals surface area contributed by atoms with Crippen molar-refractivity contribution >= 4 is 27.7 Å². The smallest absolute Gasteiger partial charge is 0.241 e.